The molecule has 2 saturated heterocycles. The van der Waals surface area contributed by atoms with Crippen molar-refractivity contribution < 1.29 is 52.4 Å². The Bertz CT molecular complexity index is 1450. The minimum atomic E-state index is -2.01. The molecule has 1 N–H and O–H groups in total. The first-order valence-corrected chi connectivity index (χ1v) is 15.9. The van der Waals surface area contributed by atoms with Gasteiger partial charge in [0, 0.05) is 47.1 Å². The van der Waals surface area contributed by atoms with Crippen LogP contribution in [0.25, 0.3) is 0 Å². The van der Waals surface area contributed by atoms with Gasteiger partial charge in [0.05, 0.1) is 31.5 Å². The van der Waals surface area contributed by atoms with Gasteiger partial charge in [-0.15, -0.1) is 0 Å². The Morgan fingerprint density at radius 1 is 1.13 bits per heavy atom. The molecule has 0 aromatic carbocycles. The molecule has 11 atom stereocenters. The van der Waals surface area contributed by atoms with E-state index in [0.717, 1.165) is 0 Å². The number of cyclic esters (lactones) is 1. The maximum absolute atomic E-state index is 13.5. The van der Waals surface area contributed by atoms with Crippen molar-refractivity contribution in [1.29, 1.82) is 0 Å². The molecule has 1 aromatic heterocycles. The van der Waals surface area contributed by atoms with E-state index in [-0.39, 0.29) is 6.42 Å². The number of ether oxygens (including phenoxy) is 5. The summed E-state index contributed by atoms with van der Waals surface area (Å²) in [4.78, 5) is 52.7. The SMILES string of the molecule is CCC(C)C(=O)O[C@@H]1[C@H]2[C@@H](OC(C)=O)[C@@]34OC2(O)[C@@](C)([C@@H](CC(=O)OC)C1(C)C)[C@H]3CC[C@]1(C)C4=CC(=O)O[C@H]1c1ccoc1. The number of methoxy groups -OCH3 is 1. The Balaban J connectivity index is 1.61. The van der Waals surface area contributed by atoms with Crippen molar-refractivity contribution in [3.05, 3.63) is 35.8 Å². The zero-order valence-electron chi connectivity index (χ0n) is 27.2. The smallest absolute Gasteiger partial charge is 0.331 e. The number of carbonyl (C=O) groups excluding carboxylic acids is 4. The van der Waals surface area contributed by atoms with Gasteiger partial charge in [0.1, 0.15) is 23.9 Å². The number of rotatable bonds is 7. The summed E-state index contributed by atoms with van der Waals surface area (Å²) in [6, 6.07) is 1.75. The van der Waals surface area contributed by atoms with E-state index in [4.69, 9.17) is 28.1 Å². The number of aliphatic hydroxyl groups is 1. The first-order chi connectivity index (χ1) is 21.0. The van der Waals surface area contributed by atoms with Gasteiger partial charge in [-0.05, 0) is 36.8 Å². The molecule has 2 aliphatic carbocycles. The van der Waals surface area contributed by atoms with Crippen LogP contribution < -0.4 is 0 Å². The summed E-state index contributed by atoms with van der Waals surface area (Å²) in [7, 11) is 1.31. The van der Waals surface area contributed by atoms with Crippen molar-refractivity contribution in [2.75, 3.05) is 7.11 Å². The standard InChI is InChI=1S/C34H44O11/c1-9-17(2)29(38)44-27-25-28(42-18(3)35)33-20(32(7,34(25,39)45-33)21(30(27,4)5)14-23(36)40-8)10-12-31(6)22(33)15-24(37)43-26(31)19-11-13-41-16-19/h11,13,15-17,20-21,25-28,39H,9-10,12,14H2,1-8H3/t17?,20-,21+,25+,26+,27-,28-,31-,32-,33-,34?/m1/s1. The van der Waals surface area contributed by atoms with Crippen LogP contribution in [0, 0.1) is 39.9 Å². The van der Waals surface area contributed by atoms with E-state index in [9.17, 15) is 24.3 Å². The summed E-state index contributed by atoms with van der Waals surface area (Å²) >= 11 is 0. The van der Waals surface area contributed by atoms with Crippen LogP contribution in [0.4, 0.5) is 0 Å². The Morgan fingerprint density at radius 2 is 1.84 bits per heavy atom. The van der Waals surface area contributed by atoms with Crippen molar-refractivity contribution >= 4 is 23.9 Å². The van der Waals surface area contributed by atoms with Gasteiger partial charge in [-0.3, -0.25) is 14.4 Å². The molecule has 4 heterocycles. The molecular weight excluding hydrogens is 584 g/mol. The lowest BCUT2D eigenvalue weighted by atomic mass is 9.37. The molecule has 3 aliphatic heterocycles. The van der Waals surface area contributed by atoms with Crippen LogP contribution in [-0.2, 0) is 42.9 Å². The second-order valence-electron chi connectivity index (χ2n) is 14.7. The zero-order chi connectivity index (χ0) is 32.9. The third kappa shape index (κ3) is 3.95. The van der Waals surface area contributed by atoms with Crippen LogP contribution in [0.3, 0.4) is 0 Å². The van der Waals surface area contributed by atoms with Crippen LogP contribution in [0.15, 0.2) is 34.7 Å². The summed E-state index contributed by atoms with van der Waals surface area (Å²) in [5.41, 5.74) is -3.11. The topological polar surface area (TPSA) is 148 Å². The quantitative estimate of drug-likeness (QED) is 0.338. The van der Waals surface area contributed by atoms with E-state index in [1.807, 2.05) is 34.6 Å². The van der Waals surface area contributed by atoms with Crippen LogP contribution in [0.2, 0.25) is 0 Å². The lowest BCUT2D eigenvalue weighted by molar-refractivity contribution is -0.326. The summed E-state index contributed by atoms with van der Waals surface area (Å²) < 4.78 is 35.8. The van der Waals surface area contributed by atoms with Crippen LogP contribution in [0.5, 0.6) is 0 Å². The molecule has 11 heteroatoms. The molecule has 45 heavy (non-hydrogen) atoms. The molecule has 11 nitrogen and oxygen atoms in total. The molecule has 0 amide bonds. The number of hydrogen-bond donors (Lipinski definition) is 1. The van der Waals surface area contributed by atoms with Crippen molar-refractivity contribution in [2.45, 2.75) is 104 Å². The molecule has 2 saturated carbocycles. The van der Waals surface area contributed by atoms with Crippen molar-refractivity contribution in [2.24, 2.45) is 39.9 Å². The second kappa shape index (κ2) is 10.2. The van der Waals surface area contributed by atoms with E-state index in [0.29, 0.717) is 30.4 Å². The minimum Gasteiger partial charge on any atom is -0.472 e. The van der Waals surface area contributed by atoms with Gasteiger partial charge in [-0.2, -0.15) is 0 Å². The van der Waals surface area contributed by atoms with E-state index in [1.165, 1.54) is 32.6 Å². The lowest BCUT2D eigenvalue weighted by Gasteiger charge is -2.67. The normalized spacial score (nSPS) is 42.9. The van der Waals surface area contributed by atoms with Crippen molar-refractivity contribution in [1.82, 2.24) is 0 Å². The van der Waals surface area contributed by atoms with Gasteiger partial charge >= 0.3 is 23.9 Å². The highest BCUT2D eigenvalue weighted by atomic mass is 16.7. The molecule has 1 aromatic rings. The van der Waals surface area contributed by atoms with Gasteiger partial charge in [0.15, 0.2) is 5.79 Å². The van der Waals surface area contributed by atoms with Gasteiger partial charge < -0.3 is 33.2 Å². The fraction of sp³-hybridized carbons (Fsp3) is 0.706. The number of carbonyl (C=O) groups is 4. The molecule has 2 unspecified atom stereocenters. The van der Waals surface area contributed by atoms with Crippen molar-refractivity contribution in [3.8, 4) is 0 Å². The van der Waals surface area contributed by atoms with E-state index >= 15 is 0 Å². The highest BCUT2D eigenvalue weighted by Crippen LogP contribution is 2.81. The van der Waals surface area contributed by atoms with Crippen molar-refractivity contribution in [3.63, 3.8) is 0 Å². The molecule has 6 rings (SSSR count). The Labute approximate surface area is 262 Å². The number of fused-ring (bicyclic) bond motifs is 2. The molecule has 4 fully saturated rings. The van der Waals surface area contributed by atoms with Gasteiger partial charge in [-0.25, -0.2) is 4.79 Å². The van der Waals surface area contributed by atoms with Gasteiger partial charge in [-0.1, -0.05) is 41.5 Å². The maximum Gasteiger partial charge on any atom is 0.331 e. The molecule has 2 bridgehead atoms. The fourth-order valence-corrected chi connectivity index (χ4v) is 10.0. The van der Waals surface area contributed by atoms with Crippen LogP contribution in [-0.4, -0.2) is 59.7 Å². The number of esters is 4. The predicted molar refractivity (Wildman–Crippen MR) is 156 cm³/mol. The van der Waals surface area contributed by atoms with Gasteiger partial charge in [0.2, 0.25) is 0 Å². The molecule has 1 spiro atoms. The average molecular weight is 629 g/mol. The first-order valence-electron chi connectivity index (χ1n) is 15.9. The third-order valence-corrected chi connectivity index (χ3v) is 12.3. The Kier molecular flexibility index (Phi) is 7.18. The summed E-state index contributed by atoms with van der Waals surface area (Å²) in [5, 5.41) is 13.0. The van der Waals surface area contributed by atoms with E-state index in [2.05, 4.69) is 0 Å². The highest BCUT2D eigenvalue weighted by Gasteiger charge is 2.90. The van der Waals surface area contributed by atoms with E-state index in [1.54, 1.807) is 13.0 Å². The summed E-state index contributed by atoms with van der Waals surface area (Å²) in [6.07, 6.45) is 3.08. The summed E-state index contributed by atoms with van der Waals surface area (Å²) in [6.45, 7) is 12.7. The second-order valence-corrected chi connectivity index (χ2v) is 14.7. The third-order valence-electron chi connectivity index (χ3n) is 12.3. The molecular formula is C34H44O11. The highest BCUT2D eigenvalue weighted by molar-refractivity contribution is 5.85. The Hall–Kier alpha value is -3.18. The molecule has 5 aliphatic rings. The number of hydrogen-bond acceptors (Lipinski definition) is 11. The van der Waals surface area contributed by atoms with Gasteiger partial charge in [0.25, 0.3) is 0 Å². The van der Waals surface area contributed by atoms with Crippen LogP contribution >= 0.6 is 0 Å². The predicted octanol–water partition coefficient (Wildman–Crippen LogP) is 4.42. The monoisotopic (exact) mass is 628 g/mol. The Morgan fingerprint density at radius 3 is 2.44 bits per heavy atom. The number of furan rings is 1. The minimum absolute atomic E-state index is 0.0728. The maximum atomic E-state index is 13.5. The largest absolute Gasteiger partial charge is 0.472 e. The molecule has 246 valence electrons. The zero-order valence-corrected chi connectivity index (χ0v) is 27.2. The summed E-state index contributed by atoms with van der Waals surface area (Å²) in [5.74, 6) is -6.71. The fourth-order valence-electron chi connectivity index (χ4n) is 10.0. The lowest BCUT2D eigenvalue weighted by Crippen LogP contribution is -2.76. The average Bonchev–Trinajstić information content (AvgIpc) is 3.64. The molecule has 0 radical (unpaired) electrons. The van der Waals surface area contributed by atoms with E-state index < -0.39 is 93.5 Å². The first kappa shape index (κ1) is 31.8. The van der Waals surface area contributed by atoms with Crippen LogP contribution in [0.1, 0.15) is 85.8 Å².